The third-order valence-electron chi connectivity index (χ3n) is 4.01. The Morgan fingerprint density at radius 2 is 2.08 bits per heavy atom. The van der Waals surface area contributed by atoms with Gasteiger partial charge in [0.15, 0.2) is 6.61 Å². The highest BCUT2D eigenvalue weighted by molar-refractivity contribution is 6.30. The number of aryl methyl sites for hydroxylation is 1. The average molecular weight is 356 g/mol. The summed E-state index contributed by atoms with van der Waals surface area (Å²) >= 11 is 5.98. The maximum Gasteiger partial charge on any atom is 0.265 e. The molecule has 0 aliphatic carbocycles. The smallest absolute Gasteiger partial charge is 0.265 e. The molecular formula is C18H14ClN3O3. The number of hydrogen-bond acceptors (Lipinski definition) is 5. The van der Waals surface area contributed by atoms with Gasteiger partial charge in [-0.1, -0.05) is 41.0 Å². The predicted octanol–water partition coefficient (Wildman–Crippen LogP) is 3.62. The summed E-state index contributed by atoms with van der Waals surface area (Å²) in [5.41, 5.74) is 2.59. The molecule has 1 amide bonds. The topological polar surface area (TPSA) is 68.5 Å². The fourth-order valence-corrected chi connectivity index (χ4v) is 2.90. The Hall–Kier alpha value is -2.86. The highest BCUT2D eigenvalue weighted by atomic mass is 35.5. The molecule has 0 spiro atoms. The Labute approximate surface area is 149 Å². The minimum absolute atomic E-state index is 0.0495. The van der Waals surface area contributed by atoms with Crippen molar-refractivity contribution in [2.24, 2.45) is 0 Å². The maximum absolute atomic E-state index is 12.3. The van der Waals surface area contributed by atoms with Crippen molar-refractivity contribution in [3.05, 3.63) is 58.9 Å². The molecule has 1 aromatic heterocycles. The van der Waals surface area contributed by atoms with Gasteiger partial charge in [-0.2, -0.15) is 4.98 Å². The zero-order chi connectivity index (χ0) is 17.4. The third-order valence-corrected chi connectivity index (χ3v) is 4.25. The Balaban J connectivity index is 1.63. The molecule has 1 aliphatic heterocycles. The molecule has 0 unspecified atom stereocenters. The van der Waals surface area contributed by atoms with Crippen molar-refractivity contribution in [3.63, 3.8) is 0 Å². The number of rotatable bonds is 3. The number of nitrogens with zero attached hydrogens (tertiary/aromatic N) is 3. The van der Waals surface area contributed by atoms with Crippen LogP contribution in [0, 0.1) is 6.92 Å². The minimum Gasteiger partial charge on any atom is -0.482 e. The second-order valence-corrected chi connectivity index (χ2v) is 6.14. The molecule has 1 aliphatic rings. The first-order chi connectivity index (χ1) is 12.1. The van der Waals surface area contributed by atoms with Crippen LogP contribution in [0.2, 0.25) is 5.02 Å². The molecule has 3 aromatic rings. The summed E-state index contributed by atoms with van der Waals surface area (Å²) < 4.78 is 10.8. The summed E-state index contributed by atoms with van der Waals surface area (Å²) in [5.74, 6) is 1.25. The summed E-state index contributed by atoms with van der Waals surface area (Å²) in [6, 6.07) is 12.9. The van der Waals surface area contributed by atoms with E-state index < -0.39 is 0 Å². The van der Waals surface area contributed by atoms with Crippen LogP contribution in [0.3, 0.4) is 0 Å². The van der Waals surface area contributed by atoms with Crippen LogP contribution >= 0.6 is 11.6 Å². The molecule has 0 radical (unpaired) electrons. The van der Waals surface area contributed by atoms with Gasteiger partial charge in [-0.15, -0.1) is 0 Å². The lowest BCUT2D eigenvalue weighted by Crippen LogP contribution is -2.38. The van der Waals surface area contributed by atoms with Gasteiger partial charge >= 0.3 is 0 Å². The van der Waals surface area contributed by atoms with Crippen molar-refractivity contribution < 1.29 is 14.1 Å². The van der Waals surface area contributed by atoms with Gasteiger partial charge in [-0.05, 0) is 24.6 Å². The molecule has 2 aromatic carbocycles. The standard InChI is InChI=1S/C18H14ClN3O3/c1-11-4-2-3-5-13(11)18-20-16(25-21-18)9-22-14-7-6-12(19)8-15(14)24-10-17(22)23/h2-8H,9-10H2,1H3. The van der Waals surface area contributed by atoms with E-state index in [1.165, 1.54) is 0 Å². The Morgan fingerprint density at radius 3 is 2.92 bits per heavy atom. The van der Waals surface area contributed by atoms with Crippen molar-refractivity contribution >= 4 is 23.2 Å². The van der Waals surface area contributed by atoms with E-state index in [2.05, 4.69) is 10.1 Å². The number of benzene rings is 2. The third kappa shape index (κ3) is 2.96. The quantitative estimate of drug-likeness (QED) is 0.717. The predicted molar refractivity (Wildman–Crippen MR) is 92.6 cm³/mol. The average Bonchev–Trinajstić information content (AvgIpc) is 3.06. The zero-order valence-electron chi connectivity index (χ0n) is 13.4. The van der Waals surface area contributed by atoms with Gasteiger partial charge in [-0.25, -0.2) is 0 Å². The van der Waals surface area contributed by atoms with Crippen LogP contribution in [0.1, 0.15) is 11.5 Å². The lowest BCUT2D eigenvalue weighted by atomic mass is 10.1. The Kier molecular flexibility index (Phi) is 3.89. The molecule has 126 valence electrons. The molecule has 0 N–H and O–H groups in total. The molecule has 0 atom stereocenters. The van der Waals surface area contributed by atoms with Crippen molar-refractivity contribution in [1.82, 2.24) is 10.1 Å². The van der Waals surface area contributed by atoms with Gasteiger partial charge in [0.2, 0.25) is 11.7 Å². The van der Waals surface area contributed by atoms with Gasteiger partial charge < -0.3 is 9.26 Å². The van der Waals surface area contributed by atoms with Crippen LogP contribution in [0.5, 0.6) is 5.75 Å². The Bertz CT molecular complexity index is 954. The molecule has 6 nitrogen and oxygen atoms in total. The van der Waals surface area contributed by atoms with E-state index in [1.807, 2.05) is 31.2 Å². The van der Waals surface area contributed by atoms with Gasteiger partial charge in [0, 0.05) is 16.7 Å². The van der Waals surface area contributed by atoms with Crippen LogP contribution in [-0.2, 0) is 11.3 Å². The zero-order valence-corrected chi connectivity index (χ0v) is 14.2. The molecule has 7 heteroatoms. The first-order valence-electron chi connectivity index (χ1n) is 7.73. The van der Waals surface area contributed by atoms with Crippen LogP contribution in [-0.4, -0.2) is 22.7 Å². The fraction of sp³-hybridized carbons (Fsp3) is 0.167. The van der Waals surface area contributed by atoms with Crippen LogP contribution in [0.25, 0.3) is 11.4 Å². The number of halogens is 1. The molecule has 0 fully saturated rings. The SMILES string of the molecule is Cc1ccccc1-c1noc(CN2C(=O)COc3cc(Cl)ccc32)n1. The molecule has 4 rings (SSSR count). The Morgan fingerprint density at radius 1 is 1.24 bits per heavy atom. The van der Waals surface area contributed by atoms with E-state index in [-0.39, 0.29) is 19.1 Å². The highest BCUT2D eigenvalue weighted by Crippen LogP contribution is 2.35. The molecule has 2 heterocycles. The number of amides is 1. The van der Waals surface area contributed by atoms with Crippen LogP contribution in [0.4, 0.5) is 5.69 Å². The number of aromatic nitrogens is 2. The second-order valence-electron chi connectivity index (χ2n) is 5.71. The lowest BCUT2D eigenvalue weighted by Gasteiger charge is -2.28. The summed E-state index contributed by atoms with van der Waals surface area (Å²) in [6.45, 7) is 2.11. The fourth-order valence-electron chi connectivity index (χ4n) is 2.74. The number of carbonyl (C=O) groups excluding carboxylic acids is 1. The van der Waals surface area contributed by atoms with Crippen LogP contribution in [0.15, 0.2) is 47.0 Å². The van der Waals surface area contributed by atoms with Crippen LogP contribution < -0.4 is 9.64 Å². The number of hydrogen-bond donors (Lipinski definition) is 0. The van der Waals surface area contributed by atoms with Gasteiger partial charge in [0.05, 0.1) is 5.69 Å². The van der Waals surface area contributed by atoms with E-state index in [0.29, 0.717) is 28.2 Å². The van der Waals surface area contributed by atoms with Crippen molar-refractivity contribution in [2.75, 3.05) is 11.5 Å². The number of ether oxygens (including phenoxy) is 1. The molecule has 25 heavy (non-hydrogen) atoms. The lowest BCUT2D eigenvalue weighted by molar-refractivity contribution is -0.121. The summed E-state index contributed by atoms with van der Waals surface area (Å²) in [7, 11) is 0. The van der Waals surface area contributed by atoms with Crippen molar-refractivity contribution in [2.45, 2.75) is 13.5 Å². The summed E-state index contributed by atoms with van der Waals surface area (Å²) in [6.07, 6.45) is 0. The molecule has 0 saturated carbocycles. The summed E-state index contributed by atoms with van der Waals surface area (Å²) in [4.78, 5) is 18.2. The van der Waals surface area contributed by atoms with Crippen molar-refractivity contribution in [1.29, 1.82) is 0 Å². The molecule has 0 bridgehead atoms. The van der Waals surface area contributed by atoms with E-state index in [4.69, 9.17) is 20.9 Å². The first-order valence-corrected chi connectivity index (χ1v) is 8.11. The van der Waals surface area contributed by atoms with E-state index in [1.54, 1.807) is 23.1 Å². The van der Waals surface area contributed by atoms with Crippen molar-refractivity contribution in [3.8, 4) is 17.1 Å². The highest BCUT2D eigenvalue weighted by Gasteiger charge is 2.27. The second kappa shape index (κ2) is 6.22. The minimum atomic E-state index is -0.175. The number of fused-ring (bicyclic) bond motifs is 1. The molecular weight excluding hydrogens is 342 g/mol. The van der Waals surface area contributed by atoms with E-state index >= 15 is 0 Å². The van der Waals surface area contributed by atoms with E-state index in [9.17, 15) is 4.79 Å². The normalized spacial score (nSPS) is 13.5. The summed E-state index contributed by atoms with van der Waals surface area (Å²) in [5, 5.41) is 4.58. The maximum atomic E-state index is 12.3. The number of carbonyl (C=O) groups is 1. The first kappa shape index (κ1) is 15.7. The largest absolute Gasteiger partial charge is 0.482 e. The monoisotopic (exact) mass is 355 g/mol. The van der Waals surface area contributed by atoms with Gasteiger partial charge in [0.1, 0.15) is 12.3 Å². The molecule has 0 saturated heterocycles. The van der Waals surface area contributed by atoms with Gasteiger partial charge in [-0.3, -0.25) is 9.69 Å². The van der Waals surface area contributed by atoms with E-state index in [0.717, 1.165) is 11.1 Å². The van der Waals surface area contributed by atoms with Gasteiger partial charge in [0.25, 0.3) is 5.91 Å². The number of anilines is 1.